The van der Waals surface area contributed by atoms with Crippen LogP contribution in [-0.4, -0.2) is 10.8 Å². The second-order valence-corrected chi connectivity index (χ2v) is 5.43. The van der Waals surface area contributed by atoms with E-state index in [1.807, 2.05) is 24.3 Å². The minimum atomic E-state index is -4.34. The number of amidine groups is 1. The van der Waals surface area contributed by atoms with E-state index in [0.717, 1.165) is 22.9 Å². The molecule has 0 unspecified atom stereocenters. The zero-order chi connectivity index (χ0) is 17.3. The van der Waals surface area contributed by atoms with Gasteiger partial charge in [-0.25, -0.2) is 4.99 Å². The van der Waals surface area contributed by atoms with Gasteiger partial charge in [0.25, 0.3) is 0 Å². The number of alkyl halides is 3. The second kappa shape index (κ2) is 5.96. The van der Waals surface area contributed by atoms with Gasteiger partial charge >= 0.3 is 6.18 Å². The molecule has 0 aliphatic rings. The lowest BCUT2D eigenvalue weighted by molar-refractivity contribution is -0.137. The molecule has 0 radical (unpaired) electrons. The van der Waals surface area contributed by atoms with E-state index in [0.29, 0.717) is 22.8 Å². The number of fused-ring (bicyclic) bond motifs is 1. The normalized spacial score (nSPS) is 12.6. The average Bonchev–Trinajstić information content (AvgIpc) is 2.53. The number of hydrogen-bond acceptors (Lipinski definition) is 2. The number of rotatable bonds is 2. The van der Waals surface area contributed by atoms with Crippen molar-refractivity contribution in [3.63, 3.8) is 0 Å². The Morgan fingerprint density at radius 1 is 1.00 bits per heavy atom. The maximum atomic E-state index is 12.6. The molecule has 3 aromatic rings. The number of aliphatic imine (C=N–C) groups is 1. The molecule has 3 nitrogen and oxygen atoms in total. The smallest absolute Gasteiger partial charge is 0.387 e. The number of hydrogen-bond donors (Lipinski definition) is 1. The summed E-state index contributed by atoms with van der Waals surface area (Å²) in [7, 11) is 0. The Bertz CT molecular complexity index is 909. The monoisotopic (exact) mass is 329 g/mol. The van der Waals surface area contributed by atoms with Gasteiger partial charge in [-0.05, 0) is 42.6 Å². The van der Waals surface area contributed by atoms with Crippen LogP contribution in [0.2, 0.25) is 0 Å². The summed E-state index contributed by atoms with van der Waals surface area (Å²) in [5, 5.41) is 1.81. The fourth-order valence-electron chi connectivity index (χ4n) is 2.39. The van der Waals surface area contributed by atoms with Gasteiger partial charge in [0.1, 0.15) is 0 Å². The highest BCUT2D eigenvalue weighted by Gasteiger charge is 2.29. The van der Waals surface area contributed by atoms with Crippen LogP contribution in [0.1, 0.15) is 12.5 Å². The first-order valence-corrected chi connectivity index (χ1v) is 7.21. The molecule has 0 bridgehead atoms. The number of nitrogens with zero attached hydrogens (tertiary/aromatic N) is 2. The minimum Gasteiger partial charge on any atom is -0.387 e. The van der Waals surface area contributed by atoms with Crippen LogP contribution < -0.4 is 5.73 Å². The second-order valence-electron chi connectivity index (χ2n) is 5.43. The minimum absolute atomic E-state index is 0.450. The zero-order valence-corrected chi connectivity index (χ0v) is 12.8. The first-order valence-electron chi connectivity index (χ1n) is 7.21. The molecular formula is C18H14F3N3. The van der Waals surface area contributed by atoms with E-state index in [9.17, 15) is 13.2 Å². The highest BCUT2D eigenvalue weighted by molar-refractivity contribution is 5.89. The molecule has 0 spiro atoms. The first-order chi connectivity index (χ1) is 11.3. The molecule has 0 aliphatic carbocycles. The van der Waals surface area contributed by atoms with Crippen LogP contribution in [0.5, 0.6) is 0 Å². The Hall–Kier alpha value is -2.89. The highest BCUT2D eigenvalue weighted by atomic mass is 19.4. The fraction of sp³-hybridized carbons (Fsp3) is 0.111. The highest BCUT2D eigenvalue weighted by Crippen LogP contribution is 2.31. The average molecular weight is 329 g/mol. The zero-order valence-electron chi connectivity index (χ0n) is 12.8. The Labute approximate surface area is 136 Å². The van der Waals surface area contributed by atoms with E-state index >= 15 is 0 Å². The van der Waals surface area contributed by atoms with Gasteiger partial charge in [-0.3, -0.25) is 4.98 Å². The molecule has 122 valence electrons. The molecule has 0 fully saturated rings. The number of pyridine rings is 1. The maximum absolute atomic E-state index is 12.6. The third kappa shape index (κ3) is 3.37. The van der Waals surface area contributed by atoms with Crippen LogP contribution in [0.15, 0.2) is 59.7 Å². The van der Waals surface area contributed by atoms with Gasteiger partial charge in [-0.1, -0.05) is 18.2 Å². The third-order valence-electron chi connectivity index (χ3n) is 3.52. The lowest BCUT2D eigenvalue weighted by Crippen LogP contribution is -2.04. The van der Waals surface area contributed by atoms with E-state index in [4.69, 9.17) is 5.73 Å². The van der Waals surface area contributed by atoms with Gasteiger partial charge in [0.2, 0.25) is 0 Å². The molecule has 24 heavy (non-hydrogen) atoms. The third-order valence-corrected chi connectivity index (χ3v) is 3.52. The largest absolute Gasteiger partial charge is 0.416 e. The van der Waals surface area contributed by atoms with Crippen molar-refractivity contribution < 1.29 is 13.2 Å². The summed E-state index contributed by atoms with van der Waals surface area (Å²) in [4.78, 5) is 8.52. The van der Waals surface area contributed by atoms with Crippen LogP contribution in [0, 0.1) is 0 Å². The molecule has 0 aliphatic heterocycles. The summed E-state index contributed by atoms with van der Waals surface area (Å²) in [6, 6.07) is 12.3. The Morgan fingerprint density at radius 3 is 2.33 bits per heavy atom. The van der Waals surface area contributed by atoms with Gasteiger partial charge in [0.15, 0.2) is 0 Å². The standard InChI is InChI=1S/C18H14F3N3/c1-11(22)24-16-7-4-13-10-23-17(9-14(13)8-16)12-2-5-15(6-3-12)18(19,20)21/h2-10H,1H3,(H2,22,24). The number of aromatic nitrogens is 1. The van der Waals surface area contributed by atoms with Crippen LogP contribution in [-0.2, 0) is 6.18 Å². The topological polar surface area (TPSA) is 51.3 Å². The van der Waals surface area contributed by atoms with Crippen LogP contribution in [0.25, 0.3) is 22.0 Å². The van der Waals surface area contributed by atoms with Crippen molar-refractivity contribution in [3.8, 4) is 11.3 Å². The van der Waals surface area contributed by atoms with E-state index in [-0.39, 0.29) is 0 Å². The van der Waals surface area contributed by atoms with E-state index in [2.05, 4.69) is 9.98 Å². The molecule has 1 heterocycles. The van der Waals surface area contributed by atoms with Crippen molar-refractivity contribution in [1.82, 2.24) is 4.98 Å². The van der Waals surface area contributed by atoms with E-state index in [1.54, 1.807) is 13.1 Å². The van der Waals surface area contributed by atoms with Crippen molar-refractivity contribution in [2.24, 2.45) is 10.7 Å². The number of halogens is 3. The molecule has 2 aromatic carbocycles. The van der Waals surface area contributed by atoms with Gasteiger partial charge < -0.3 is 5.73 Å². The number of nitrogens with two attached hydrogens (primary N) is 1. The molecule has 0 saturated heterocycles. The van der Waals surface area contributed by atoms with Gasteiger partial charge in [0, 0.05) is 17.1 Å². The summed E-state index contributed by atoms with van der Waals surface area (Å²) in [6.07, 6.45) is -2.66. The van der Waals surface area contributed by atoms with Crippen LogP contribution >= 0.6 is 0 Å². The van der Waals surface area contributed by atoms with Gasteiger partial charge in [-0.15, -0.1) is 0 Å². The molecule has 0 atom stereocenters. The molecule has 0 saturated carbocycles. The van der Waals surface area contributed by atoms with Crippen LogP contribution in [0.3, 0.4) is 0 Å². The summed E-state index contributed by atoms with van der Waals surface area (Å²) in [6.45, 7) is 1.70. The quantitative estimate of drug-likeness (QED) is 0.535. The van der Waals surface area contributed by atoms with Crippen molar-refractivity contribution in [3.05, 3.63) is 60.3 Å². The summed E-state index contributed by atoms with van der Waals surface area (Å²) in [5.74, 6) is 0.450. The lowest BCUT2D eigenvalue weighted by Gasteiger charge is -2.08. The Balaban J connectivity index is 2.02. The molecule has 0 amide bonds. The lowest BCUT2D eigenvalue weighted by atomic mass is 10.1. The summed E-state index contributed by atoms with van der Waals surface area (Å²) in [5.41, 5.74) is 6.84. The summed E-state index contributed by atoms with van der Waals surface area (Å²) >= 11 is 0. The Kier molecular flexibility index (Phi) is 3.97. The SMILES string of the molecule is CC(N)=Nc1ccc2cnc(-c3ccc(C(F)(F)F)cc3)cc2c1. The van der Waals surface area contributed by atoms with Gasteiger partial charge in [-0.2, -0.15) is 13.2 Å². The maximum Gasteiger partial charge on any atom is 0.416 e. The van der Waals surface area contributed by atoms with Crippen molar-refractivity contribution >= 4 is 22.3 Å². The predicted molar refractivity (Wildman–Crippen MR) is 89.1 cm³/mol. The molecular weight excluding hydrogens is 315 g/mol. The Morgan fingerprint density at radius 2 is 1.71 bits per heavy atom. The van der Waals surface area contributed by atoms with E-state index in [1.165, 1.54) is 12.1 Å². The molecule has 3 rings (SSSR count). The summed E-state index contributed by atoms with van der Waals surface area (Å²) < 4.78 is 37.9. The fourth-order valence-corrected chi connectivity index (χ4v) is 2.39. The van der Waals surface area contributed by atoms with Gasteiger partial charge in [0.05, 0.1) is 22.8 Å². The van der Waals surface area contributed by atoms with Crippen molar-refractivity contribution in [2.75, 3.05) is 0 Å². The number of benzene rings is 2. The predicted octanol–water partition coefficient (Wildman–Crippen LogP) is 4.93. The molecule has 1 aromatic heterocycles. The van der Waals surface area contributed by atoms with E-state index < -0.39 is 11.7 Å². The molecule has 6 heteroatoms. The van der Waals surface area contributed by atoms with Crippen LogP contribution in [0.4, 0.5) is 18.9 Å². The van der Waals surface area contributed by atoms with Crippen molar-refractivity contribution in [1.29, 1.82) is 0 Å². The first kappa shape index (κ1) is 16.0. The molecule has 2 N–H and O–H groups in total. The van der Waals surface area contributed by atoms with Crippen molar-refractivity contribution in [2.45, 2.75) is 13.1 Å².